The number of aromatic nitrogens is 1. The van der Waals surface area contributed by atoms with E-state index >= 15 is 0 Å². The van der Waals surface area contributed by atoms with E-state index in [4.69, 9.17) is 0 Å². The Morgan fingerprint density at radius 1 is 1.07 bits per heavy atom. The lowest BCUT2D eigenvalue weighted by molar-refractivity contribution is -0.147. The van der Waals surface area contributed by atoms with E-state index in [0.29, 0.717) is 23.3 Å². The summed E-state index contributed by atoms with van der Waals surface area (Å²) in [6.07, 6.45) is 6.84. The molecule has 0 saturated heterocycles. The zero-order valence-electron chi connectivity index (χ0n) is 16.2. The van der Waals surface area contributed by atoms with Crippen LogP contribution in [0.5, 0.6) is 0 Å². The van der Waals surface area contributed by atoms with Crippen LogP contribution in [0.2, 0.25) is 0 Å². The lowest BCUT2D eigenvalue weighted by Gasteiger charge is -2.55. The summed E-state index contributed by atoms with van der Waals surface area (Å²) in [6.45, 7) is 3.84. The third kappa shape index (κ3) is 3.54. The van der Waals surface area contributed by atoms with Gasteiger partial charge < -0.3 is 15.6 Å². The Bertz CT molecular complexity index is 791. The maximum atomic E-state index is 12.9. The van der Waals surface area contributed by atoms with E-state index in [1.165, 1.54) is 19.3 Å². The highest BCUT2D eigenvalue weighted by atomic mass is 16.2. The number of pyridine rings is 1. The topological polar surface area (TPSA) is 91.1 Å². The molecule has 0 aromatic carbocycles. The maximum Gasteiger partial charge on any atom is 0.253 e. The van der Waals surface area contributed by atoms with Crippen LogP contribution in [0.15, 0.2) is 10.9 Å². The number of amides is 2. The lowest BCUT2D eigenvalue weighted by atomic mass is 9.49. The molecule has 146 valence electrons. The van der Waals surface area contributed by atoms with Crippen molar-refractivity contribution < 1.29 is 9.59 Å². The minimum Gasteiger partial charge on any atom is -0.350 e. The minimum absolute atomic E-state index is 0.0244. The molecule has 0 aliphatic heterocycles. The van der Waals surface area contributed by atoms with Gasteiger partial charge in [0.25, 0.3) is 5.56 Å². The Balaban J connectivity index is 1.31. The van der Waals surface area contributed by atoms with Gasteiger partial charge in [0.1, 0.15) is 0 Å². The van der Waals surface area contributed by atoms with Gasteiger partial charge in [-0.15, -0.1) is 0 Å². The summed E-state index contributed by atoms with van der Waals surface area (Å²) in [7, 11) is 0. The first-order chi connectivity index (χ1) is 12.8. The SMILES string of the molecule is Cc1cc(C)c(CNC(=O)CNC(=O)C23CC4CC(CC(C4)C2)C3)c(=O)[nH]1. The van der Waals surface area contributed by atoms with Crippen molar-refractivity contribution in [2.75, 3.05) is 6.54 Å². The van der Waals surface area contributed by atoms with Crippen LogP contribution >= 0.6 is 0 Å². The van der Waals surface area contributed by atoms with Crippen molar-refractivity contribution in [2.24, 2.45) is 23.2 Å². The van der Waals surface area contributed by atoms with Crippen LogP contribution in [0.4, 0.5) is 0 Å². The second-order valence-electron chi connectivity index (χ2n) is 9.10. The second kappa shape index (κ2) is 6.80. The highest BCUT2D eigenvalue weighted by molar-refractivity contribution is 5.88. The highest BCUT2D eigenvalue weighted by Gasteiger charge is 2.54. The summed E-state index contributed by atoms with van der Waals surface area (Å²) in [5.74, 6) is 1.90. The van der Waals surface area contributed by atoms with E-state index in [1.807, 2.05) is 19.9 Å². The average molecular weight is 371 g/mol. The van der Waals surface area contributed by atoms with Crippen LogP contribution < -0.4 is 16.2 Å². The number of carbonyl (C=O) groups is 2. The first kappa shape index (κ1) is 18.3. The smallest absolute Gasteiger partial charge is 0.253 e. The molecule has 2 amide bonds. The summed E-state index contributed by atoms with van der Waals surface area (Å²) in [4.78, 5) is 39.8. The van der Waals surface area contributed by atoms with Gasteiger partial charge in [-0.2, -0.15) is 0 Å². The van der Waals surface area contributed by atoms with E-state index in [2.05, 4.69) is 15.6 Å². The fourth-order valence-electron chi connectivity index (χ4n) is 6.09. The van der Waals surface area contributed by atoms with Gasteiger partial charge in [0, 0.05) is 23.2 Å². The number of nitrogens with one attached hydrogen (secondary N) is 3. The number of aromatic amines is 1. The fourth-order valence-corrected chi connectivity index (χ4v) is 6.09. The largest absolute Gasteiger partial charge is 0.350 e. The van der Waals surface area contributed by atoms with Crippen molar-refractivity contribution in [3.63, 3.8) is 0 Å². The number of aryl methyl sites for hydroxylation is 2. The Morgan fingerprint density at radius 3 is 2.22 bits per heavy atom. The third-order valence-corrected chi connectivity index (χ3v) is 6.89. The van der Waals surface area contributed by atoms with Gasteiger partial charge in [-0.3, -0.25) is 14.4 Å². The van der Waals surface area contributed by atoms with Gasteiger partial charge in [0.2, 0.25) is 11.8 Å². The molecule has 1 aromatic rings. The predicted molar refractivity (Wildman–Crippen MR) is 102 cm³/mol. The summed E-state index contributed by atoms with van der Waals surface area (Å²) < 4.78 is 0. The van der Waals surface area contributed by atoms with Gasteiger partial charge in [-0.25, -0.2) is 0 Å². The number of rotatable bonds is 5. The van der Waals surface area contributed by atoms with Gasteiger partial charge in [-0.05, 0) is 81.8 Å². The molecule has 0 atom stereocenters. The first-order valence-electron chi connectivity index (χ1n) is 10.1. The van der Waals surface area contributed by atoms with Gasteiger partial charge in [0.15, 0.2) is 0 Å². The minimum atomic E-state index is -0.257. The van der Waals surface area contributed by atoms with Crippen LogP contribution in [0.1, 0.15) is 55.3 Å². The zero-order chi connectivity index (χ0) is 19.2. The molecule has 0 radical (unpaired) electrons. The molecule has 1 heterocycles. The molecule has 4 saturated carbocycles. The van der Waals surface area contributed by atoms with Crippen LogP contribution in [0, 0.1) is 37.0 Å². The van der Waals surface area contributed by atoms with E-state index in [-0.39, 0.29) is 35.9 Å². The third-order valence-electron chi connectivity index (χ3n) is 6.89. The molecule has 6 heteroatoms. The first-order valence-corrected chi connectivity index (χ1v) is 10.1. The molecule has 4 bridgehead atoms. The maximum absolute atomic E-state index is 12.9. The molecule has 4 aliphatic rings. The van der Waals surface area contributed by atoms with Crippen molar-refractivity contribution in [1.82, 2.24) is 15.6 Å². The number of hydrogen-bond acceptors (Lipinski definition) is 3. The molecule has 0 spiro atoms. The average Bonchev–Trinajstić information content (AvgIpc) is 2.57. The quantitative estimate of drug-likeness (QED) is 0.739. The monoisotopic (exact) mass is 371 g/mol. The van der Waals surface area contributed by atoms with Gasteiger partial charge in [0.05, 0.1) is 6.54 Å². The molecule has 5 rings (SSSR count). The van der Waals surface area contributed by atoms with E-state index in [1.54, 1.807) is 0 Å². The molecule has 27 heavy (non-hydrogen) atoms. The molecular formula is C21H29N3O3. The summed E-state index contributed by atoms with van der Waals surface area (Å²) in [5.41, 5.74) is 1.80. The standard InChI is InChI=1S/C21H29N3O3/c1-12-3-13(2)24-19(26)17(12)10-22-18(25)11-23-20(27)21-7-14-4-15(8-21)6-16(5-14)9-21/h3,14-16H,4-11H2,1-2H3,(H,22,25)(H,23,27)(H,24,26). The molecule has 1 aromatic heterocycles. The summed E-state index contributed by atoms with van der Waals surface area (Å²) in [6, 6.07) is 1.89. The number of hydrogen-bond donors (Lipinski definition) is 3. The van der Waals surface area contributed by atoms with Gasteiger partial charge >= 0.3 is 0 Å². The van der Waals surface area contributed by atoms with Crippen LogP contribution in [-0.2, 0) is 16.1 Å². The van der Waals surface area contributed by atoms with Gasteiger partial charge in [-0.1, -0.05) is 0 Å². The predicted octanol–water partition coefficient (Wildman–Crippen LogP) is 1.94. The van der Waals surface area contributed by atoms with Crippen LogP contribution in [0.25, 0.3) is 0 Å². The summed E-state index contributed by atoms with van der Waals surface area (Å²) in [5, 5.41) is 5.63. The zero-order valence-corrected chi connectivity index (χ0v) is 16.2. The molecule has 0 unspecified atom stereocenters. The molecule has 4 aliphatic carbocycles. The molecule has 6 nitrogen and oxygen atoms in total. The summed E-state index contributed by atoms with van der Waals surface area (Å²) >= 11 is 0. The van der Waals surface area contributed by atoms with E-state index in [0.717, 1.165) is 30.5 Å². The molecule has 3 N–H and O–H groups in total. The van der Waals surface area contributed by atoms with Crippen molar-refractivity contribution in [3.8, 4) is 0 Å². The van der Waals surface area contributed by atoms with E-state index < -0.39 is 0 Å². The number of H-pyrrole nitrogens is 1. The van der Waals surface area contributed by atoms with Crippen LogP contribution in [0.3, 0.4) is 0 Å². The van der Waals surface area contributed by atoms with E-state index in [9.17, 15) is 14.4 Å². The Hall–Kier alpha value is -2.11. The van der Waals surface area contributed by atoms with Crippen molar-refractivity contribution in [1.29, 1.82) is 0 Å². The Kier molecular flexibility index (Phi) is 4.60. The second-order valence-corrected chi connectivity index (χ2v) is 9.10. The molecule has 4 fully saturated rings. The number of carbonyl (C=O) groups excluding carboxylic acids is 2. The van der Waals surface area contributed by atoms with Crippen LogP contribution in [-0.4, -0.2) is 23.3 Å². The lowest BCUT2D eigenvalue weighted by Crippen LogP contribution is -2.54. The van der Waals surface area contributed by atoms with Crippen molar-refractivity contribution in [3.05, 3.63) is 33.2 Å². The Morgan fingerprint density at radius 2 is 1.67 bits per heavy atom. The Labute approximate surface area is 159 Å². The molecular weight excluding hydrogens is 342 g/mol. The fraction of sp³-hybridized carbons (Fsp3) is 0.667. The normalized spacial score (nSPS) is 31.0. The van der Waals surface area contributed by atoms with Crippen molar-refractivity contribution in [2.45, 2.75) is 58.9 Å². The van der Waals surface area contributed by atoms with Crippen molar-refractivity contribution >= 4 is 11.8 Å². The highest BCUT2D eigenvalue weighted by Crippen LogP contribution is 2.60.